The van der Waals surface area contributed by atoms with Crippen molar-refractivity contribution in [2.45, 2.75) is 44.6 Å². The van der Waals surface area contributed by atoms with Gasteiger partial charge in [0, 0.05) is 6.20 Å². The van der Waals surface area contributed by atoms with Gasteiger partial charge in [0.15, 0.2) is 12.4 Å². The minimum Gasteiger partial charge on any atom is -0.383 e. The predicted molar refractivity (Wildman–Crippen MR) is 79.7 cm³/mol. The molecule has 1 aromatic rings. The summed E-state index contributed by atoms with van der Waals surface area (Å²) in [4.78, 5) is 33.2. The molecule has 2 rings (SSSR count). The van der Waals surface area contributed by atoms with Gasteiger partial charge in [-0.2, -0.15) is 4.98 Å². The van der Waals surface area contributed by atoms with Crippen LogP contribution in [0.15, 0.2) is 17.1 Å². The molecular formula is C12H19FN3O7P. The molecule has 1 aliphatic heterocycles. The van der Waals surface area contributed by atoms with E-state index < -0.39 is 38.1 Å². The summed E-state index contributed by atoms with van der Waals surface area (Å²) in [5.74, 6) is -0.0487. The molecule has 24 heavy (non-hydrogen) atoms. The number of rotatable bonds is 6. The fourth-order valence-corrected chi connectivity index (χ4v) is 2.81. The van der Waals surface area contributed by atoms with Gasteiger partial charge in [0.05, 0.1) is 12.7 Å². The molecule has 0 saturated carbocycles. The van der Waals surface area contributed by atoms with Crippen LogP contribution in [0.3, 0.4) is 0 Å². The molecular weight excluding hydrogens is 348 g/mol. The standard InChI is InChI=1S/C12H19FN3O7P/c1-6(2)21-5-7-10(23-24(18,19)20)9(13)11(22-7)16-4-3-8(14)15-12(16)17/h3-4,6-7,9-11H,5H2,1-2H3,(H2,14,15,17)(H2,18,19,20)/t7-,9-,10-,11-/m1/s1. The van der Waals surface area contributed by atoms with E-state index in [0.29, 0.717) is 0 Å². The van der Waals surface area contributed by atoms with Gasteiger partial charge >= 0.3 is 13.5 Å². The SMILES string of the molecule is CC(C)OC[C@H]1O[C@@H](n2ccc(N)nc2=O)[C@H](F)[C@@H]1OP(=O)(O)O. The first-order chi connectivity index (χ1) is 11.1. The third kappa shape index (κ3) is 4.59. The number of aromatic nitrogens is 2. The van der Waals surface area contributed by atoms with E-state index in [1.165, 1.54) is 12.3 Å². The van der Waals surface area contributed by atoms with Crippen molar-refractivity contribution in [3.05, 3.63) is 22.7 Å². The molecule has 12 heteroatoms. The summed E-state index contributed by atoms with van der Waals surface area (Å²) in [6.45, 7) is 3.29. The van der Waals surface area contributed by atoms with Crippen molar-refractivity contribution in [2.24, 2.45) is 0 Å². The van der Waals surface area contributed by atoms with Crippen molar-refractivity contribution in [1.82, 2.24) is 9.55 Å². The average Bonchev–Trinajstić information content (AvgIpc) is 2.72. The number of nitrogens with zero attached hydrogens (tertiary/aromatic N) is 2. The summed E-state index contributed by atoms with van der Waals surface area (Å²) >= 11 is 0. The van der Waals surface area contributed by atoms with E-state index in [4.69, 9.17) is 25.0 Å². The van der Waals surface area contributed by atoms with Gasteiger partial charge in [-0.15, -0.1) is 0 Å². The predicted octanol–water partition coefficient (Wildman–Crippen LogP) is -0.0361. The summed E-state index contributed by atoms with van der Waals surface area (Å²) in [5, 5.41) is 0. The molecule has 4 atom stereocenters. The molecule has 2 heterocycles. The molecule has 0 aliphatic carbocycles. The Morgan fingerprint density at radius 2 is 2.21 bits per heavy atom. The van der Waals surface area contributed by atoms with Crippen LogP contribution in [0.25, 0.3) is 0 Å². The molecule has 4 N–H and O–H groups in total. The van der Waals surface area contributed by atoms with Crippen molar-refractivity contribution >= 4 is 13.6 Å². The number of nitrogens with two attached hydrogens (primary N) is 1. The van der Waals surface area contributed by atoms with Crippen LogP contribution in [0.4, 0.5) is 10.2 Å². The smallest absolute Gasteiger partial charge is 0.383 e. The van der Waals surface area contributed by atoms with Crippen molar-refractivity contribution in [3.8, 4) is 0 Å². The number of ether oxygens (including phenoxy) is 2. The minimum absolute atomic E-state index is 0.0487. The Morgan fingerprint density at radius 3 is 2.75 bits per heavy atom. The fourth-order valence-electron chi connectivity index (χ4n) is 2.24. The Hall–Kier alpha value is -1.36. The normalized spacial score (nSPS) is 27.8. The van der Waals surface area contributed by atoms with Gasteiger partial charge in [0.2, 0.25) is 0 Å². The molecule has 0 bridgehead atoms. The van der Waals surface area contributed by atoms with Gasteiger partial charge in [-0.1, -0.05) is 0 Å². The molecule has 0 unspecified atom stereocenters. The van der Waals surface area contributed by atoms with Crippen molar-refractivity contribution < 1.29 is 32.7 Å². The summed E-state index contributed by atoms with van der Waals surface area (Å²) in [6.07, 6.45) is -5.27. The number of alkyl halides is 1. The number of phosphoric ester groups is 1. The Labute approximate surface area is 136 Å². The molecule has 10 nitrogen and oxygen atoms in total. The number of hydrogen-bond acceptors (Lipinski definition) is 7. The first-order valence-electron chi connectivity index (χ1n) is 7.08. The summed E-state index contributed by atoms with van der Waals surface area (Å²) in [5.41, 5.74) is 4.51. The Bertz CT molecular complexity index is 679. The van der Waals surface area contributed by atoms with Crippen LogP contribution >= 0.6 is 7.82 Å². The average molecular weight is 367 g/mol. The molecule has 0 spiro atoms. The Balaban J connectivity index is 2.27. The Morgan fingerprint density at radius 1 is 1.54 bits per heavy atom. The summed E-state index contributed by atoms with van der Waals surface area (Å²) in [6, 6.07) is 1.27. The second kappa shape index (κ2) is 7.26. The van der Waals surface area contributed by atoms with Crippen LogP contribution in [0.5, 0.6) is 0 Å². The number of nitrogen functional groups attached to an aromatic ring is 1. The number of halogens is 1. The van der Waals surface area contributed by atoms with Crippen molar-refractivity contribution in [1.29, 1.82) is 0 Å². The van der Waals surface area contributed by atoms with Crippen LogP contribution in [0, 0.1) is 0 Å². The van der Waals surface area contributed by atoms with Crippen LogP contribution in [0.2, 0.25) is 0 Å². The number of phosphoric acid groups is 1. The molecule has 136 valence electrons. The maximum Gasteiger partial charge on any atom is 0.470 e. The Kier molecular flexibility index (Phi) is 5.74. The highest BCUT2D eigenvalue weighted by Gasteiger charge is 2.50. The summed E-state index contributed by atoms with van der Waals surface area (Å²) in [7, 11) is -4.97. The lowest BCUT2D eigenvalue weighted by atomic mass is 10.1. The highest BCUT2D eigenvalue weighted by atomic mass is 31.2. The van der Waals surface area contributed by atoms with E-state index in [1.807, 2.05) is 0 Å². The molecule has 1 aliphatic rings. The second-order valence-corrected chi connectivity index (χ2v) is 6.69. The van der Waals surface area contributed by atoms with Crippen molar-refractivity contribution in [2.75, 3.05) is 12.3 Å². The van der Waals surface area contributed by atoms with Gasteiger partial charge in [0.25, 0.3) is 0 Å². The van der Waals surface area contributed by atoms with Gasteiger partial charge in [-0.05, 0) is 19.9 Å². The first kappa shape index (κ1) is 19.0. The lowest BCUT2D eigenvalue weighted by molar-refractivity contribution is -0.0752. The lowest BCUT2D eigenvalue weighted by Crippen LogP contribution is -2.35. The quantitative estimate of drug-likeness (QED) is 0.590. The highest BCUT2D eigenvalue weighted by Crippen LogP contribution is 2.44. The fraction of sp³-hybridized carbons (Fsp3) is 0.667. The van der Waals surface area contributed by atoms with Gasteiger partial charge in [0.1, 0.15) is 18.0 Å². The zero-order chi connectivity index (χ0) is 18.1. The summed E-state index contributed by atoms with van der Waals surface area (Å²) < 4.78 is 41.8. The molecule has 0 aromatic carbocycles. The lowest BCUT2D eigenvalue weighted by Gasteiger charge is -2.20. The van der Waals surface area contributed by atoms with E-state index in [0.717, 1.165) is 4.57 Å². The minimum atomic E-state index is -4.97. The van der Waals surface area contributed by atoms with E-state index in [9.17, 15) is 13.8 Å². The van der Waals surface area contributed by atoms with Crippen molar-refractivity contribution in [3.63, 3.8) is 0 Å². The van der Waals surface area contributed by atoms with E-state index in [1.54, 1.807) is 13.8 Å². The second-order valence-electron chi connectivity index (χ2n) is 5.49. The van der Waals surface area contributed by atoms with E-state index in [-0.39, 0.29) is 18.5 Å². The van der Waals surface area contributed by atoms with Crippen LogP contribution < -0.4 is 11.4 Å². The number of anilines is 1. The zero-order valence-electron chi connectivity index (χ0n) is 13.0. The molecule has 1 saturated heterocycles. The largest absolute Gasteiger partial charge is 0.470 e. The van der Waals surface area contributed by atoms with Crippen LogP contribution in [-0.4, -0.2) is 50.4 Å². The topological polar surface area (TPSA) is 146 Å². The van der Waals surface area contributed by atoms with Gasteiger partial charge in [-0.25, -0.2) is 13.8 Å². The molecule has 1 fully saturated rings. The monoisotopic (exact) mass is 367 g/mol. The molecule has 0 radical (unpaired) electrons. The molecule has 0 amide bonds. The van der Waals surface area contributed by atoms with E-state index in [2.05, 4.69) is 9.51 Å². The number of hydrogen-bond donors (Lipinski definition) is 3. The third-order valence-corrected chi connectivity index (χ3v) is 3.76. The van der Waals surface area contributed by atoms with Crippen LogP contribution in [-0.2, 0) is 18.6 Å². The highest BCUT2D eigenvalue weighted by molar-refractivity contribution is 7.46. The molecule has 1 aromatic heterocycles. The van der Waals surface area contributed by atoms with Gasteiger partial charge < -0.3 is 25.0 Å². The van der Waals surface area contributed by atoms with E-state index >= 15 is 0 Å². The maximum atomic E-state index is 14.7. The maximum absolute atomic E-state index is 14.7. The van der Waals surface area contributed by atoms with Crippen LogP contribution in [0.1, 0.15) is 20.1 Å². The zero-order valence-corrected chi connectivity index (χ0v) is 13.9. The third-order valence-electron chi connectivity index (χ3n) is 3.25. The first-order valence-corrected chi connectivity index (χ1v) is 8.61. The van der Waals surface area contributed by atoms with Gasteiger partial charge in [-0.3, -0.25) is 9.09 Å².